The number of aromatic nitrogens is 2. The first kappa shape index (κ1) is 9.73. The summed E-state index contributed by atoms with van der Waals surface area (Å²) in [4.78, 5) is 0. The molecule has 4 heteroatoms. The van der Waals surface area contributed by atoms with Gasteiger partial charge < -0.3 is 5.32 Å². The molecule has 0 fully saturated rings. The van der Waals surface area contributed by atoms with Crippen molar-refractivity contribution >= 4 is 17.4 Å². The minimum Gasteiger partial charge on any atom is -0.368 e. The number of H-pyrrole nitrogens is 1. The second-order valence-corrected chi connectivity index (χ2v) is 4.40. The van der Waals surface area contributed by atoms with Gasteiger partial charge in [-0.3, -0.25) is 5.10 Å². The molecule has 3 rings (SSSR count). The van der Waals surface area contributed by atoms with Crippen LogP contribution in [0.5, 0.6) is 0 Å². The van der Waals surface area contributed by atoms with Crippen molar-refractivity contribution in [3.63, 3.8) is 0 Å². The lowest BCUT2D eigenvalue weighted by molar-refractivity contribution is 0.828. The topological polar surface area (TPSA) is 40.7 Å². The van der Waals surface area contributed by atoms with Crippen LogP contribution in [0.1, 0.15) is 12.0 Å². The first-order valence-corrected chi connectivity index (χ1v) is 5.79. The number of rotatable bonds is 1. The van der Waals surface area contributed by atoms with Crippen molar-refractivity contribution in [2.24, 2.45) is 0 Å². The second-order valence-electron chi connectivity index (χ2n) is 3.96. The Morgan fingerprint density at radius 1 is 1.19 bits per heavy atom. The average molecular weight is 234 g/mol. The summed E-state index contributed by atoms with van der Waals surface area (Å²) in [6.07, 6.45) is 2.24. The van der Waals surface area contributed by atoms with Crippen LogP contribution in [0.15, 0.2) is 24.3 Å². The summed E-state index contributed by atoms with van der Waals surface area (Å²) in [5, 5.41) is 11.4. The van der Waals surface area contributed by atoms with Gasteiger partial charge in [0.1, 0.15) is 0 Å². The zero-order valence-corrected chi connectivity index (χ0v) is 9.51. The number of nitrogens with one attached hydrogen (secondary N) is 2. The maximum Gasteiger partial charge on any atom is 0.151 e. The molecule has 1 aromatic heterocycles. The van der Waals surface area contributed by atoms with Crippen LogP contribution >= 0.6 is 11.6 Å². The number of halogens is 1. The molecule has 1 aliphatic heterocycles. The van der Waals surface area contributed by atoms with Gasteiger partial charge in [-0.1, -0.05) is 23.7 Å². The lowest BCUT2D eigenvalue weighted by atomic mass is 10.0. The largest absolute Gasteiger partial charge is 0.368 e. The van der Waals surface area contributed by atoms with Gasteiger partial charge in [-0.05, 0) is 30.5 Å². The van der Waals surface area contributed by atoms with Crippen molar-refractivity contribution < 1.29 is 0 Å². The molecule has 0 atom stereocenters. The third kappa shape index (κ3) is 1.57. The Kier molecular flexibility index (Phi) is 2.33. The Hall–Kier alpha value is -1.48. The van der Waals surface area contributed by atoms with Crippen molar-refractivity contribution in [1.29, 1.82) is 0 Å². The van der Waals surface area contributed by atoms with Gasteiger partial charge in [0.05, 0.1) is 5.69 Å². The highest BCUT2D eigenvalue weighted by molar-refractivity contribution is 6.30. The molecule has 1 aliphatic rings. The minimum atomic E-state index is 0.759. The van der Waals surface area contributed by atoms with Gasteiger partial charge in [0, 0.05) is 17.1 Å². The lowest BCUT2D eigenvalue weighted by Crippen LogP contribution is -2.10. The SMILES string of the molecule is Clc1ccc(-c2[nH]nc3c2CCCN3)cc1. The number of anilines is 1. The van der Waals surface area contributed by atoms with Crippen molar-refractivity contribution in [1.82, 2.24) is 10.2 Å². The van der Waals surface area contributed by atoms with E-state index < -0.39 is 0 Å². The molecule has 16 heavy (non-hydrogen) atoms. The number of benzene rings is 1. The fourth-order valence-electron chi connectivity index (χ4n) is 2.08. The fraction of sp³-hybridized carbons (Fsp3) is 0.250. The van der Waals surface area contributed by atoms with E-state index in [0.29, 0.717) is 0 Å². The first-order valence-electron chi connectivity index (χ1n) is 5.41. The smallest absolute Gasteiger partial charge is 0.151 e. The summed E-state index contributed by atoms with van der Waals surface area (Å²) in [6.45, 7) is 1.01. The van der Waals surface area contributed by atoms with Crippen molar-refractivity contribution in [2.75, 3.05) is 11.9 Å². The molecule has 0 unspecified atom stereocenters. The number of fused-ring (bicyclic) bond motifs is 1. The van der Waals surface area contributed by atoms with Crippen LogP contribution in [0.2, 0.25) is 5.02 Å². The van der Waals surface area contributed by atoms with Crippen LogP contribution in [-0.4, -0.2) is 16.7 Å². The van der Waals surface area contributed by atoms with E-state index >= 15 is 0 Å². The third-order valence-corrected chi connectivity index (χ3v) is 3.15. The Morgan fingerprint density at radius 3 is 2.81 bits per heavy atom. The Balaban J connectivity index is 2.06. The molecular formula is C12H12ClN3. The van der Waals surface area contributed by atoms with Gasteiger partial charge in [0.2, 0.25) is 0 Å². The van der Waals surface area contributed by atoms with Crippen molar-refractivity contribution in [3.8, 4) is 11.3 Å². The van der Waals surface area contributed by atoms with Crippen LogP contribution in [-0.2, 0) is 6.42 Å². The Labute approximate surface area is 98.8 Å². The molecule has 2 aromatic rings. The van der Waals surface area contributed by atoms with E-state index in [1.54, 1.807) is 0 Å². The zero-order chi connectivity index (χ0) is 11.0. The van der Waals surface area contributed by atoms with Crippen LogP contribution in [0.4, 0.5) is 5.82 Å². The predicted octanol–water partition coefficient (Wildman–Crippen LogP) is 3.09. The summed E-state index contributed by atoms with van der Waals surface area (Å²) in [5.74, 6) is 0.996. The monoisotopic (exact) mass is 233 g/mol. The van der Waals surface area contributed by atoms with E-state index in [2.05, 4.69) is 15.5 Å². The van der Waals surface area contributed by atoms with Crippen LogP contribution in [0, 0.1) is 0 Å². The van der Waals surface area contributed by atoms with Crippen molar-refractivity contribution in [2.45, 2.75) is 12.8 Å². The maximum atomic E-state index is 5.88. The molecule has 3 nitrogen and oxygen atoms in total. The van der Waals surface area contributed by atoms with E-state index in [1.165, 1.54) is 5.56 Å². The molecule has 0 saturated carbocycles. The predicted molar refractivity (Wildman–Crippen MR) is 65.8 cm³/mol. The van der Waals surface area contributed by atoms with Gasteiger partial charge in [-0.2, -0.15) is 5.10 Å². The fourth-order valence-corrected chi connectivity index (χ4v) is 2.21. The normalized spacial score (nSPS) is 14.3. The quantitative estimate of drug-likeness (QED) is 0.795. The van der Waals surface area contributed by atoms with Gasteiger partial charge in [0.15, 0.2) is 5.82 Å². The van der Waals surface area contributed by atoms with Gasteiger partial charge in [-0.25, -0.2) is 0 Å². The summed E-state index contributed by atoms with van der Waals surface area (Å²) in [5.41, 5.74) is 3.54. The van der Waals surface area contributed by atoms with Crippen LogP contribution in [0.3, 0.4) is 0 Å². The second kappa shape index (κ2) is 3.83. The molecule has 2 heterocycles. The number of nitrogens with zero attached hydrogens (tertiary/aromatic N) is 1. The molecule has 1 aromatic carbocycles. The van der Waals surface area contributed by atoms with E-state index in [0.717, 1.165) is 41.5 Å². The first-order chi connectivity index (χ1) is 7.84. The Morgan fingerprint density at radius 2 is 2.00 bits per heavy atom. The number of hydrogen-bond donors (Lipinski definition) is 2. The molecular weight excluding hydrogens is 222 g/mol. The summed E-state index contributed by atoms with van der Waals surface area (Å²) >= 11 is 5.88. The molecule has 0 aliphatic carbocycles. The lowest BCUT2D eigenvalue weighted by Gasteiger charge is -2.13. The molecule has 2 N–H and O–H groups in total. The summed E-state index contributed by atoms with van der Waals surface area (Å²) < 4.78 is 0. The molecule has 82 valence electrons. The average Bonchev–Trinajstić information content (AvgIpc) is 2.74. The summed E-state index contributed by atoms with van der Waals surface area (Å²) in [7, 11) is 0. The minimum absolute atomic E-state index is 0.759. The Bertz CT molecular complexity index is 501. The van der Waals surface area contributed by atoms with Crippen LogP contribution in [0.25, 0.3) is 11.3 Å². The van der Waals surface area contributed by atoms with Gasteiger partial charge in [-0.15, -0.1) is 0 Å². The van der Waals surface area contributed by atoms with E-state index in [9.17, 15) is 0 Å². The van der Waals surface area contributed by atoms with Gasteiger partial charge in [0.25, 0.3) is 0 Å². The van der Waals surface area contributed by atoms with E-state index in [-0.39, 0.29) is 0 Å². The zero-order valence-electron chi connectivity index (χ0n) is 8.76. The molecule has 0 amide bonds. The van der Waals surface area contributed by atoms with E-state index in [1.807, 2.05) is 24.3 Å². The molecule has 0 radical (unpaired) electrons. The number of hydrogen-bond acceptors (Lipinski definition) is 2. The molecule has 0 saturated heterocycles. The van der Waals surface area contributed by atoms with Gasteiger partial charge >= 0.3 is 0 Å². The highest BCUT2D eigenvalue weighted by Gasteiger charge is 2.17. The van der Waals surface area contributed by atoms with Crippen molar-refractivity contribution in [3.05, 3.63) is 34.9 Å². The third-order valence-electron chi connectivity index (χ3n) is 2.90. The molecule has 0 spiro atoms. The highest BCUT2D eigenvalue weighted by atomic mass is 35.5. The molecule has 0 bridgehead atoms. The van der Waals surface area contributed by atoms with Crippen LogP contribution < -0.4 is 5.32 Å². The standard InChI is InChI=1S/C12H12ClN3/c13-9-5-3-8(4-6-9)11-10-2-1-7-14-12(10)16-15-11/h3-6H,1-2,7H2,(H2,14,15,16). The maximum absolute atomic E-state index is 5.88. The highest BCUT2D eigenvalue weighted by Crippen LogP contribution is 2.30. The summed E-state index contributed by atoms with van der Waals surface area (Å²) in [6, 6.07) is 7.84. The van der Waals surface area contributed by atoms with E-state index in [4.69, 9.17) is 11.6 Å². The number of aromatic amines is 1.